The average molecular weight is 514 g/mol. The van der Waals surface area contributed by atoms with Gasteiger partial charge < -0.3 is 20.7 Å². The van der Waals surface area contributed by atoms with Gasteiger partial charge in [0.25, 0.3) is 0 Å². The minimum atomic E-state index is -0.631. The predicted molar refractivity (Wildman–Crippen MR) is 151 cm³/mol. The third-order valence-corrected chi connectivity index (χ3v) is 6.17. The maximum Gasteiger partial charge on any atom is 0.244 e. The van der Waals surface area contributed by atoms with Crippen LogP contribution < -0.4 is 16.0 Å². The van der Waals surface area contributed by atoms with Crippen molar-refractivity contribution in [2.24, 2.45) is 0 Å². The zero-order valence-corrected chi connectivity index (χ0v) is 23.2. The molecule has 0 aromatic rings. The molecule has 0 saturated carbocycles. The van der Waals surface area contributed by atoms with Gasteiger partial charge in [-0.3, -0.25) is 14.4 Å². The fourth-order valence-corrected chi connectivity index (χ4v) is 3.97. The van der Waals surface area contributed by atoms with Gasteiger partial charge in [-0.15, -0.1) is 0 Å². The van der Waals surface area contributed by atoms with E-state index in [4.69, 9.17) is 4.74 Å². The lowest BCUT2D eigenvalue weighted by molar-refractivity contribution is -0.127. The number of unbranched alkanes of at least 4 members (excludes halogenated alkanes) is 1. The van der Waals surface area contributed by atoms with Crippen LogP contribution in [0.4, 0.5) is 0 Å². The minimum Gasteiger partial charge on any atom is -0.382 e. The molecule has 0 spiro atoms. The number of rotatable bonds is 18. The first-order chi connectivity index (χ1) is 17.9. The minimum absolute atomic E-state index is 0.205. The molecule has 1 unspecified atom stereocenters. The molecule has 0 bridgehead atoms. The molecule has 0 radical (unpaired) electrons. The van der Waals surface area contributed by atoms with Crippen LogP contribution in [0.15, 0.2) is 58.7 Å². The van der Waals surface area contributed by atoms with Crippen molar-refractivity contribution in [1.82, 2.24) is 16.0 Å². The number of allylic oxidation sites excluding steroid dienone is 9. The summed E-state index contributed by atoms with van der Waals surface area (Å²) in [7, 11) is 0. The van der Waals surface area contributed by atoms with Crippen molar-refractivity contribution >= 4 is 18.2 Å². The lowest BCUT2D eigenvalue weighted by atomic mass is 9.92. The van der Waals surface area contributed by atoms with E-state index >= 15 is 0 Å². The van der Waals surface area contributed by atoms with Crippen LogP contribution in [0.1, 0.15) is 79.1 Å². The topological polar surface area (TPSA) is 96.5 Å². The van der Waals surface area contributed by atoms with E-state index in [1.54, 1.807) is 0 Å². The van der Waals surface area contributed by atoms with Crippen molar-refractivity contribution in [3.63, 3.8) is 0 Å². The SMILES string of the molecule is CCOCCCNC(=O)C(CCCCNC=O)NC(=O)/C=C(C)/C=C/C=C(C)/C=C/C1=C(C)CCCC1. The summed E-state index contributed by atoms with van der Waals surface area (Å²) >= 11 is 0. The van der Waals surface area contributed by atoms with E-state index in [0.717, 1.165) is 24.0 Å². The molecule has 0 fully saturated rings. The summed E-state index contributed by atoms with van der Waals surface area (Å²) in [6.07, 6.45) is 19.9. The summed E-state index contributed by atoms with van der Waals surface area (Å²) in [5, 5.41) is 8.33. The molecule has 7 heteroatoms. The number of amides is 3. The average Bonchev–Trinajstić information content (AvgIpc) is 2.87. The number of hydrogen-bond acceptors (Lipinski definition) is 4. The van der Waals surface area contributed by atoms with Crippen LogP contribution in [0, 0.1) is 0 Å². The fourth-order valence-electron chi connectivity index (χ4n) is 3.97. The first-order valence-electron chi connectivity index (χ1n) is 13.6. The monoisotopic (exact) mass is 513 g/mol. The highest BCUT2D eigenvalue weighted by molar-refractivity contribution is 5.93. The standard InChI is InChI=1S/C30H47N3O4/c1-5-37-21-11-20-32-30(36)28(16-8-9-19-31-23-34)33-29(35)22-25(3)13-10-12-24(2)17-18-27-15-7-6-14-26(27)4/h10,12-13,17-18,22-23,28H,5-9,11,14-16,19-21H2,1-4H3,(H,31,34)(H,32,36)(H,33,35)/b13-10+,18-17+,24-12+,25-22+. The second-order valence-corrected chi connectivity index (χ2v) is 9.47. The molecule has 0 aromatic carbocycles. The summed E-state index contributed by atoms with van der Waals surface area (Å²) < 4.78 is 5.30. The molecule has 37 heavy (non-hydrogen) atoms. The van der Waals surface area contributed by atoms with Gasteiger partial charge in [-0.05, 0) is 90.2 Å². The van der Waals surface area contributed by atoms with E-state index in [9.17, 15) is 14.4 Å². The molecule has 3 N–H and O–H groups in total. The van der Waals surface area contributed by atoms with E-state index in [-0.39, 0.29) is 11.8 Å². The molecule has 0 aromatic heterocycles. The number of carbonyl (C=O) groups excluding carboxylic acids is 3. The van der Waals surface area contributed by atoms with E-state index in [1.807, 2.05) is 32.1 Å². The Morgan fingerprint density at radius 3 is 2.54 bits per heavy atom. The molecule has 3 amide bonds. The van der Waals surface area contributed by atoms with Gasteiger partial charge in [-0.1, -0.05) is 41.5 Å². The first kappa shape index (κ1) is 32.1. The lowest BCUT2D eigenvalue weighted by Crippen LogP contribution is -2.46. The Labute approximate surface area is 223 Å². The van der Waals surface area contributed by atoms with Crippen LogP contribution in [0.2, 0.25) is 0 Å². The van der Waals surface area contributed by atoms with Gasteiger partial charge in [0.2, 0.25) is 18.2 Å². The Bertz CT molecular complexity index is 868. The Kier molecular flexibility index (Phi) is 17.5. The quantitative estimate of drug-likeness (QED) is 0.106. The molecular weight excluding hydrogens is 466 g/mol. The summed E-state index contributed by atoms with van der Waals surface area (Å²) in [6.45, 7) is 10.3. The number of hydrogen-bond donors (Lipinski definition) is 3. The van der Waals surface area contributed by atoms with E-state index in [0.29, 0.717) is 52.0 Å². The molecule has 1 atom stereocenters. The molecule has 0 aliphatic heterocycles. The Morgan fingerprint density at radius 1 is 1.03 bits per heavy atom. The fraction of sp³-hybridized carbons (Fsp3) is 0.567. The summed E-state index contributed by atoms with van der Waals surface area (Å²) in [5.41, 5.74) is 4.88. The van der Waals surface area contributed by atoms with Gasteiger partial charge in [0, 0.05) is 32.4 Å². The molecule has 206 valence electrons. The van der Waals surface area contributed by atoms with Gasteiger partial charge >= 0.3 is 0 Å². The predicted octanol–water partition coefficient (Wildman–Crippen LogP) is 4.83. The number of nitrogens with one attached hydrogen (secondary N) is 3. The Morgan fingerprint density at radius 2 is 1.81 bits per heavy atom. The normalized spacial score (nSPS) is 15.8. The van der Waals surface area contributed by atoms with Gasteiger partial charge in [0.15, 0.2) is 0 Å². The number of carbonyl (C=O) groups is 3. The molecule has 1 aliphatic rings. The van der Waals surface area contributed by atoms with Gasteiger partial charge in [0.1, 0.15) is 6.04 Å². The summed E-state index contributed by atoms with van der Waals surface area (Å²) in [6, 6.07) is -0.631. The lowest BCUT2D eigenvalue weighted by Gasteiger charge is -2.18. The van der Waals surface area contributed by atoms with Gasteiger partial charge in [-0.25, -0.2) is 0 Å². The summed E-state index contributed by atoms with van der Waals surface area (Å²) in [4.78, 5) is 35.7. The Balaban J connectivity index is 2.65. The number of ether oxygens (including phenoxy) is 1. The van der Waals surface area contributed by atoms with Crippen molar-refractivity contribution in [3.05, 3.63) is 58.7 Å². The van der Waals surface area contributed by atoms with Crippen LogP contribution in [0.5, 0.6) is 0 Å². The van der Waals surface area contributed by atoms with E-state index in [2.05, 4.69) is 41.9 Å². The van der Waals surface area contributed by atoms with Crippen molar-refractivity contribution in [1.29, 1.82) is 0 Å². The van der Waals surface area contributed by atoms with Crippen molar-refractivity contribution in [3.8, 4) is 0 Å². The highest BCUT2D eigenvalue weighted by Crippen LogP contribution is 2.25. The highest BCUT2D eigenvalue weighted by atomic mass is 16.5. The molecule has 1 rings (SSSR count). The van der Waals surface area contributed by atoms with Crippen molar-refractivity contribution in [2.75, 3.05) is 26.3 Å². The largest absolute Gasteiger partial charge is 0.382 e. The van der Waals surface area contributed by atoms with E-state index in [1.165, 1.54) is 36.5 Å². The molecular formula is C30H47N3O4. The van der Waals surface area contributed by atoms with Gasteiger partial charge in [0.05, 0.1) is 0 Å². The van der Waals surface area contributed by atoms with Crippen LogP contribution in [-0.4, -0.2) is 50.6 Å². The zero-order chi connectivity index (χ0) is 27.3. The molecule has 7 nitrogen and oxygen atoms in total. The smallest absolute Gasteiger partial charge is 0.244 e. The third-order valence-electron chi connectivity index (χ3n) is 6.17. The second kappa shape index (κ2) is 20.2. The van der Waals surface area contributed by atoms with Crippen LogP contribution in [0.3, 0.4) is 0 Å². The molecule has 0 saturated heterocycles. The van der Waals surface area contributed by atoms with Crippen molar-refractivity contribution in [2.45, 2.75) is 85.1 Å². The highest BCUT2D eigenvalue weighted by Gasteiger charge is 2.19. The maximum absolute atomic E-state index is 12.7. The van der Waals surface area contributed by atoms with Crippen LogP contribution in [0.25, 0.3) is 0 Å². The Hall–Kier alpha value is -2.93. The zero-order valence-electron chi connectivity index (χ0n) is 23.2. The van der Waals surface area contributed by atoms with E-state index < -0.39 is 6.04 Å². The third kappa shape index (κ3) is 15.7. The summed E-state index contributed by atoms with van der Waals surface area (Å²) in [5.74, 6) is -0.508. The second-order valence-electron chi connectivity index (χ2n) is 9.47. The van der Waals surface area contributed by atoms with Crippen LogP contribution in [-0.2, 0) is 19.1 Å². The van der Waals surface area contributed by atoms with Crippen molar-refractivity contribution < 1.29 is 19.1 Å². The molecule has 0 heterocycles. The first-order valence-corrected chi connectivity index (χ1v) is 13.6. The van der Waals surface area contributed by atoms with Gasteiger partial charge in [-0.2, -0.15) is 0 Å². The maximum atomic E-state index is 12.7. The molecule has 1 aliphatic carbocycles. The van der Waals surface area contributed by atoms with Crippen LogP contribution >= 0.6 is 0 Å².